The Kier molecular flexibility index (Phi) is 3.41. The van der Waals surface area contributed by atoms with E-state index in [0.29, 0.717) is 12.2 Å². The van der Waals surface area contributed by atoms with Crippen molar-refractivity contribution in [2.45, 2.75) is 18.9 Å². The van der Waals surface area contributed by atoms with Crippen LogP contribution in [-0.2, 0) is 0 Å². The lowest BCUT2D eigenvalue weighted by molar-refractivity contribution is 0.0729. The van der Waals surface area contributed by atoms with Gasteiger partial charge in [-0.3, -0.25) is 9.78 Å². The molecule has 0 aliphatic carbocycles. The summed E-state index contributed by atoms with van der Waals surface area (Å²) in [4.78, 5) is 22.2. The van der Waals surface area contributed by atoms with Crippen LogP contribution in [0.4, 0.5) is 4.39 Å². The normalized spacial score (nSPS) is 18.2. The molecule has 1 aromatic heterocycles. The molecule has 1 amide bonds. The topological polar surface area (TPSA) is 46.1 Å². The van der Waals surface area contributed by atoms with Crippen molar-refractivity contribution >= 4 is 5.91 Å². The predicted octanol–water partition coefficient (Wildman–Crippen LogP) is 2.59. The number of likely N-dealkylation sites (tertiary alicyclic amines) is 1. The predicted molar refractivity (Wildman–Crippen MR) is 71.4 cm³/mol. The van der Waals surface area contributed by atoms with E-state index in [1.165, 1.54) is 30.7 Å². The van der Waals surface area contributed by atoms with Crippen LogP contribution in [0.25, 0.3) is 0 Å². The first kappa shape index (κ1) is 12.7. The third kappa shape index (κ3) is 2.39. The molecule has 5 heteroatoms. The Morgan fingerprint density at radius 2 is 2.05 bits per heavy atom. The molecule has 2 heterocycles. The SMILES string of the molecule is O=C(c1cnccn1)N1CCC[C@H]1c1ccc(F)cc1. The van der Waals surface area contributed by atoms with Gasteiger partial charge < -0.3 is 4.90 Å². The fourth-order valence-corrected chi connectivity index (χ4v) is 2.60. The number of amides is 1. The molecule has 1 aromatic carbocycles. The minimum absolute atomic E-state index is 0.00916. The maximum Gasteiger partial charge on any atom is 0.274 e. The van der Waals surface area contributed by atoms with Gasteiger partial charge in [0, 0.05) is 18.9 Å². The van der Waals surface area contributed by atoms with Crippen LogP contribution < -0.4 is 0 Å². The van der Waals surface area contributed by atoms with Gasteiger partial charge in [-0.2, -0.15) is 0 Å². The first-order valence-electron chi connectivity index (χ1n) is 6.58. The number of nitrogens with zero attached hydrogens (tertiary/aromatic N) is 3. The van der Waals surface area contributed by atoms with Crippen molar-refractivity contribution in [3.63, 3.8) is 0 Å². The zero-order valence-corrected chi connectivity index (χ0v) is 10.9. The van der Waals surface area contributed by atoms with E-state index in [9.17, 15) is 9.18 Å². The van der Waals surface area contributed by atoms with Crippen LogP contribution in [0, 0.1) is 5.82 Å². The van der Waals surface area contributed by atoms with Crippen LogP contribution in [-0.4, -0.2) is 27.3 Å². The molecular weight excluding hydrogens is 257 g/mol. The molecule has 1 fully saturated rings. The van der Waals surface area contributed by atoms with E-state index in [2.05, 4.69) is 9.97 Å². The summed E-state index contributed by atoms with van der Waals surface area (Å²) in [6.45, 7) is 0.692. The van der Waals surface area contributed by atoms with Crippen molar-refractivity contribution in [3.8, 4) is 0 Å². The Labute approximate surface area is 116 Å². The van der Waals surface area contributed by atoms with Crippen LogP contribution in [0.15, 0.2) is 42.9 Å². The lowest BCUT2D eigenvalue weighted by atomic mass is 10.0. The Balaban J connectivity index is 1.86. The van der Waals surface area contributed by atoms with E-state index >= 15 is 0 Å². The fraction of sp³-hybridized carbons (Fsp3) is 0.267. The highest BCUT2D eigenvalue weighted by Gasteiger charge is 2.31. The third-order valence-corrected chi connectivity index (χ3v) is 3.55. The third-order valence-electron chi connectivity index (χ3n) is 3.55. The molecule has 0 N–H and O–H groups in total. The van der Waals surface area contributed by atoms with Crippen molar-refractivity contribution in [2.75, 3.05) is 6.54 Å². The lowest BCUT2D eigenvalue weighted by Crippen LogP contribution is -2.31. The second-order valence-electron chi connectivity index (χ2n) is 4.80. The van der Waals surface area contributed by atoms with E-state index in [4.69, 9.17) is 0 Å². The average Bonchev–Trinajstić information content (AvgIpc) is 2.97. The summed E-state index contributed by atoms with van der Waals surface area (Å²) in [5.41, 5.74) is 1.31. The second kappa shape index (κ2) is 5.36. The lowest BCUT2D eigenvalue weighted by Gasteiger charge is -2.24. The zero-order valence-electron chi connectivity index (χ0n) is 10.9. The van der Waals surface area contributed by atoms with Crippen molar-refractivity contribution in [3.05, 3.63) is 59.9 Å². The molecule has 1 atom stereocenters. The first-order valence-corrected chi connectivity index (χ1v) is 6.58. The second-order valence-corrected chi connectivity index (χ2v) is 4.80. The summed E-state index contributed by atoms with van der Waals surface area (Å²) < 4.78 is 13.0. The van der Waals surface area contributed by atoms with Crippen LogP contribution in [0.3, 0.4) is 0 Å². The molecule has 102 valence electrons. The molecule has 3 rings (SSSR count). The van der Waals surface area contributed by atoms with Gasteiger partial charge in [-0.25, -0.2) is 9.37 Å². The number of hydrogen-bond acceptors (Lipinski definition) is 3. The number of hydrogen-bond donors (Lipinski definition) is 0. The number of aromatic nitrogens is 2. The monoisotopic (exact) mass is 271 g/mol. The van der Waals surface area contributed by atoms with Crippen molar-refractivity contribution < 1.29 is 9.18 Å². The standard InChI is InChI=1S/C15H14FN3O/c16-12-5-3-11(4-6-12)14-2-1-9-19(14)15(20)13-10-17-7-8-18-13/h3-8,10,14H,1-2,9H2/t14-/m0/s1. The Morgan fingerprint density at radius 3 is 2.75 bits per heavy atom. The molecule has 2 aromatic rings. The van der Waals surface area contributed by atoms with E-state index in [1.54, 1.807) is 17.0 Å². The minimum atomic E-state index is -0.265. The summed E-state index contributed by atoms with van der Waals surface area (Å²) in [5.74, 6) is -0.386. The van der Waals surface area contributed by atoms with Crippen LogP contribution >= 0.6 is 0 Å². The Hall–Kier alpha value is -2.30. The van der Waals surface area contributed by atoms with Gasteiger partial charge in [-0.1, -0.05) is 12.1 Å². The van der Waals surface area contributed by atoms with Crippen molar-refractivity contribution in [1.82, 2.24) is 14.9 Å². The van der Waals surface area contributed by atoms with Crippen molar-refractivity contribution in [2.24, 2.45) is 0 Å². The molecule has 0 spiro atoms. The van der Waals surface area contributed by atoms with Gasteiger partial charge in [0.25, 0.3) is 5.91 Å². The summed E-state index contributed by atoms with van der Waals surface area (Å²) >= 11 is 0. The van der Waals surface area contributed by atoms with Gasteiger partial charge in [0.1, 0.15) is 11.5 Å². The summed E-state index contributed by atoms with van der Waals surface area (Å²) in [6, 6.07) is 6.33. The van der Waals surface area contributed by atoms with Gasteiger partial charge in [0.15, 0.2) is 0 Å². The van der Waals surface area contributed by atoms with Gasteiger partial charge in [0.2, 0.25) is 0 Å². The molecule has 1 saturated heterocycles. The largest absolute Gasteiger partial charge is 0.330 e. The molecule has 0 radical (unpaired) electrons. The highest BCUT2D eigenvalue weighted by molar-refractivity contribution is 5.92. The molecule has 4 nitrogen and oxygen atoms in total. The maximum atomic E-state index is 13.0. The van der Waals surface area contributed by atoms with E-state index < -0.39 is 0 Å². The number of rotatable bonds is 2. The van der Waals surface area contributed by atoms with Gasteiger partial charge in [-0.05, 0) is 30.5 Å². The number of carbonyl (C=O) groups excluding carboxylic acids is 1. The van der Waals surface area contributed by atoms with Crippen molar-refractivity contribution in [1.29, 1.82) is 0 Å². The molecule has 0 bridgehead atoms. The van der Waals surface area contributed by atoms with E-state index in [0.717, 1.165) is 18.4 Å². The molecule has 20 heavy (non-hydrogen) atoms. The quantitative estimate of drug-likeness (QED) is 0.843. The smallest absolute Gasteiger partial charge is 0.274 e. The number of carbonyl (C=O) groups is 1. The Morgan fingerprint density at radius 1 is 1.25 bits per heavy atom. The van der Waals surface area contributed by atoms with E-state index in [1.807, 2.05) is 0 Å². The average molecular weight is 271 g/mol. The van der Waals surface area contributed by atoms with E-state index in [-0.39, 0.29) is 17.8 Å². The highest BCUT2D eigenvalue weighted by Crippen LogP contribution is 2.32. The summed E-state index contributed by atoms with van der Waals surface area (Å²) in [6.07, 6.45) is 6.35. The maximum absolute atomic E-state index is 13.0. The van der Waals surface area contributed by atoms with Gasteiger partial charge in [0.05, 0.1) is 12.2 Å². The summed E-state index contributed by atoms with van der Waals surface area (Å²) in [7, 11) is 0. The molecule has 0 saturated carbocycles. The summed E-state index contributed by atoms with van der Waals surface area (Å²) in [5, 5.41) is 0. The van der Waals surface area contributed by atoms with Gasteiger partial charge >= 0.3 is 0 Å². The fourth-order valence-electron chi connectivity index (χ4n) is 2.60. The molecule has 1 aliphatic rings. The molecule has 0 unspecified atom stereocenters. The number of benzene rings is 1. The molecule has 1 aliphatic heterocycles. The Bertz CT molecular complexity index is 600. The van der Waals surface area contributed by atoms with Crippen LogP contribution in [0.5, 0.6) is 0 Å². The first-order chi connectivity index (χ1) is 9.75. The van der Waals surface area contributed by atoms with Crippen LogP contribution in [0.2, 0.25) is 0 Å². The zero-order chi connectivity index (χ0) is 13.9. The molecular formula is C15H14FN3O. The van der Waals surface area contributed by atoms with Crippen LogP contribution in [0.1, 0.15) is 34.9 Å². The number of halogens is 1. The van der Waals surface area contributed by atoms with Gasteiger partial charge in [-0.15, -0.1) is 0 Å². The minimum Gasteiger partial charge on any atom is -0.330 e. The highest BCUT2D eigenvalue weighted by atomic mass is 19.1.